The molecule has 3 heterocycles. The van der Waals surface area contributed by atoms with Crippen molar-refractivity contribution < 1.29 is 9.53 Å². The van der Waals surface area contributed by atoms with E-state index in [9.17, 15) is 4.79 Å². The molecular formula is C13H19ClN2O2S. The van der Waals surface area contributed by atoms with Gasteiger partial charge in [0.15, 0.2) is 0 Å². The first-order valence-electron chi connectivity index (χ1n) is 6.35. The maximum Gasteiger partial charge on any atom is 0.264 e. The molecule has 6 heteroatoms. The van der Waals surface area contributed by atoms with E-state index in [0.29, 0.717) is 5.41 Å². The summed E-state index contributed by atoms with van der Waals surface area (Å²) in [6.45, 7) is 3.94. The molecule has 1 aromatic rings. The zero-order valence-corrected chi connectivity index (χ0v) is 12.6. The van der Waals surface area contributed by atoms with Gasteiger partial charge in [0.25, 0.3) is 5.91 Å². The Morgan fingerprint density at radius 1 is 1.53 bits per heavy atom. The molecule has 4 nitrogen and oxygen atoms in total. The molecule has 0 aromatic carbocycles. The zero-order valence-electron chi connectivity index (χ0n) is 11.0. The molecule has 1 spiro atoms. The minimum atomic E-state index is 0. The molecule has 106 valence electrons. The number of amides is 1. The number of likely N-dealkylation sites (tertiary alicyclic amines) is 1. The van der Waals surface area contributed by atoms with Gasteiger partial charge in [-0.05, 0) is 19.4 Å². The summed E-state index contributed by atoms with van der Waals surface area (Å²) in [6.07, 6.45) is 2.33. The summed E-state index contributed by atoms with van der Waals surface area (Å²) < 4.78 is 5.13. The lowest BCUT2D eigenvalue weighted by atomic mass is 9.87. The fourth-order valence-electron chi connectivity index (χ4n) is 2.95. The Balaban J connectivity index is 0.00000133. The van der Waals surface area contributed by atoms with Crippen molar-refractivity contribution in [2.24, 2.45) is 5.41 Å². The summed E-state index contributed by atoms with van der Waals surface area (Å²) in [7, 11) is 1.63. The molecule has 2 aliphatic heterocycles. The maximum atomic E-state index is 12.4. The third-order valence-electron chi connectivity index (χ3n) is 4.08. The highest BCUT2D eigenvalue weighted by Crippen LogP contribution is 2.37. The highest BCUT2D eigenvalue weighted by atomic mass is 35.5. The van der Waals surface area contributed by atoms with Crippen LogP contribution in [-0.4, -0.2) is 44.1 Å². The van der Waals surface area contributed by atoms with Crippen molar-refractivity contribution in [1.82, 2.24) is 10.2 Å². The third kappa shape index (κ3) is 2.73. The molecule has 1 unspecified atom stereocenters. The largest absolute Gasteiger partial charge is 0.496 e. The monoisotopic (exact) mass is 302 g/mol. The van der Waals surface area contributed by atoms with Gasteiger partial charge in [0, 0.05) is 36.5 Å². The molecule has 2 fully saturated rings. The minimum absolute atomic E-state index is 0. The Kier molecular flexibility index (Phi) is 4.38. The van der Waals surface area contributed by atoms with E-state index in [1.807, 2.05) is 16.3 Å². The van der Waals surface area contributed by atoms with E-state index in [1.54, 1.807) is 7.11 Å². The molecule has 0 bridgehead atoms. The van der Waals surface area contributed by atoms with Crippen LogP contribution >= 0.6 is 23.7 Å². The Labute approximate surface area is 123 Å². The van der Waals surface area contributed by atoms with Crippen LogP contribution in [0.5, 0.6) is 5.75 Å². The van der Waals surface area contributed by atoms with Crippen LogP contribution in [0, 0.1) is 5.41 Å². The Morgan fingerprint density at radius 2 is 2.37 bits per heavy atom. The van der Waals surface area contributed by atoms with Gasteiger partial charge >= 0.3 is 0 Å². The van der Waals surface area contributed by atoms with Crippen molar-refractivity contribution in [3.8, 4) is 5.75 Å². The summed E-state index contributed by atoms with van der Waals surface area (Å²) in [5.41, 5.74) is 0.344. The van der Waals surface area contributed by atoms with Gasteiger partial charge in [0.1, 0.15) is 5.75 Å². The SMILES string of the molecule is COc1csc(C(=O)N2CCC3(CCNC3)C2)c1.Cl. The number of nitrogens with zero attached hydrogens (tertiary/aromatic N) is 1. The fraction of sp³-hybridized carbons (Fsp3) is 0.615. The van der Waals surface area contributed by atoms with Gasteiger partial charge in [-0.25, -0.2) is 0 Å². The standard InChI is InChI=1S/C13H18N2O2S.ClH/c1-17-10-6-11(18-7-10)12(16)15-5-3-13(9-15)2-4-14-8-13;/h6-7,14H,2-5,8-9H2,1H3;1H. The number of methoxy groups -OCH3 is 1. The van der Waals surface area contributed by atoms with Crippen LogP contribution in [0.3, 0.4) is 0 Å². The van der Waals surface area contributed by atoms with Crippen LogP contribution in [0.1, 0.15) is 22.5 Å². The fourth-order valence-corrected chi connectivity index (χ4v) is 3.77. The van der Waals surface area contributed by atoms with Crippen LogP contribution in [0.2, 0.25) is 0 Å². The predicted molar refractivity (Wildman–Crippen MR) is 78.6 cm³/mol. The number of halogens is 1. The third-order valence-corrected chi connectivity index (χ3v) is 4.98. The van der Waals surface area contributed by atoms with Gasteiger partial charge in [-0.15, -0.1) is 23.7 Å². The lowest BCUT2D eigenvalue weighted by Crippen LogP contribution is -2.32. The molecule has 19 heavy (non-hydrogen) atoms. The van der Waals surface area contributed by atoms with Crippen molar-refractivity contribution in [2.75, 3.05) is 33.3 Å². The average molecular weight is 303 g/mol. The number of carbonyl (C=O) groups excluding carboxylic acids is 1. The Hall–Kier alpha value is -0.780. The van der Waals surface area contributed by atoms with Crippen molar-refractivity contribution in [1.29, 1.82) is 0 Å². The number of hydrogen-bond acceptors (Lipinski definition) is 4. The summed E-state index contributed by atoms with van der Waals surface area (Å²) in [4.78, 5) is 15.2. The first-order valence-corrected chi connectivity index (χ1v) is 7.23. The molecule has 1 atom stereocenters. The summed E-state index contributed by atoms with van der Waals surface area (Å²) in [5.74, 6) is 0.937. The van der Waals surface area contributed by atoms with Crippen molar-refractivity contribution in [3.63, 3.8) is 0 Å². The topological polar surface area (TPSA) is 41.6 Å². The quantitative estimate of drug-likeness (QED) is 0.908. The molecule has 0 saturated carbocycles. The van der Waals surface area contributed by atoms with Crippen molar-refractivity contribution >= 4 is 29.7 Å². The summed E-state index contributed by atoms with van der Waals surface area (Å²) in [5, 5.41) is 5.30. The second-order valence-electron chi connectivity index (χ2n) is 5.25. The molecule has 1 aromatic heterocycles. The first-order chi connectivity index (χ1) is 8.72. The Bertz CT molecular complexity index is 457. The number of rotatable bonds is 2. The summed E-state index contributed by atoms with van der Waals surface area (Å²) >= 11 is 1.47. The average Bonchev–Trinajstić information content (AvgIpc) is 3.11. The molecule has 0 aliphatic carbocycles. The number of hydrogen-bond donors (Lipinski definition) is 1. The van der Waals surface area contributed by atoms with Crippen LogP contribution in [0.4, 0.5) is 0 Å². The zero-order chi connectivity index (χ0) is 12.6. The van der Waals surface area contributed by atoms with Gasteiger partial charge in [-0.2, -0.15) is 0 Å². The second kappa shape index (κ2) is 5.69. The van der Waals surface area contributed by atoms with Gasteiger partial charge in [0.2, 0.25) is 0 Å². The molecule has 2 aliphatic rings. The van der Waals surface area contributed by atoms with E-state index < -0.39 is 0 Å². The number of ether oxygens (including phenoxy) is 1. The smallest absolute Gasteiger partial charge is 0.264 e. The second-order valence-corrected chi connectivity index (χ2v) is 6.17. The molecule has 1 N–H and O–H groups in total. The van der Waals surface area contributed by atoms with E-state index in [-0.39, 0.29) is 18.3 Å². The van der Waals surface area contributed by atoms with E-state index in [4.69, 9.17) is 4.74 Å². The van der Waals surface area contributed by atoms with E-state index in [1.165, 1.54) is 17.8 Å². The molecule has 1 amide bonds. The number of carbonyl (C=O) groups is 1. The number of thiophene rings is 1. The highest BCUT2D eigenvalue weighted by Gasteiger charge is 2.42. The van der Waals surface area contributed by atoms with Crippen molar-refractivity contribution in [2.45, 2.75) is 12.8 Å². The summed E-state index contributed by atoms with van der Waals surface area (Å²) in [6, 6.07) is 1.84. The molecular weight excluding hydrogens is 284 g/mol. The lowest BCUT2D eigenvalue weighted by Gasteiger charge is -2.22. The molecule has 3 rings (SSSR count). The van der Waals surface area contributed by atoms with E-state index in [2.05, 4.69) is 5.32 Å². The normalized spacial score (nSPS) is 25.6. The number of nitrogens with one attached hydrogen (secondary N) is 1. The molecule has 2 saturated heterocycles. The Morgan fingerprint density at radius 3 is 3.00 bits per heavy atom. The van der Waals surface area contributed by atoms with Gasteiger partial charge < -0.3 is 15.0 Å². The maximum absolute atomic E-state index is 12.4. The van der Waals surface area contributed by atoms with Gasteiger partial charge in [0.05, 0.1) is 12.0 Å². The minimum Gasteiger partial charge on any atom is -0.496 e. The van der Waals surface area contributed by atoms with Crippen molar-refractivity contribution in [3.05, 3.63) is 16.3 Å². The van der Waals surface area contributed by atoms with Gasteiger partial charge in [-0.3, -0.25) is 4.79 Å². The van der Waals surface area contributed by atoms with Crippen LogP contribution in [0.25, 0.3) is 0 Å². The highest BCUT2D eigenvalue weighted by molar-refractivity contribution is 7.12. The predicted octanol–water partition coefficient (Wildman–Crippen LogP) is 2.00. The molecule has 0 radical (unpaired) electrons. The van der Waals surface area contributed by atoms with E-state index >= 15 is 0 Å². The van der Waals surface area contributed by atoms with Crippen LogP contribution < -0.4 is 10.1 Å². The van der Waals surface area contributed by atoms with Crippen LogP contribution in [0.15, 0.2) is 11.4 Å². The first kappa shape index (κ1) is 14.6. The van der Waals surface area contributed by atoms with Gasteiger partial charge in [-0.1, -0.05) is 0 Å². The van der Waals surface area contributed by atoms with Crippen LogP contribution in [-0.2, 0) is 0 Å². The lowest BCUT2D eigenvalue weighted by molar-refractivity contribution is 0.0780. The van der Waals surface area contributed by atoms with E-state index in [0.717, 1.165) is 43.2 Å².